The van der Waals surface area contributed by atoms with Crippen LogP contribution in [0.25, 0.3) is 0 Å². The van der Waals surface area contributed by atoms with Crippen LogP contribution in [0.2, 0.25) is 0 Å². The van der Waals surface area contributed by atoms with Crippen LogP contribution in [0.4, 0.5) is 10.1 Å². The number of hydrogen-bond acceptors (Lipinski definition) is 5. The van der Waals surface area contributed by atoms with Gasteiger partial charge in [-0.2, -0.15) is 0 Å². The minimum atomic E-state index is -0.103. The Kier molecular flexibility index (Phi) is 7.33. The third-order valence-electron chi connectivity index (χ3n) is 5.50. The standard InChI is InChI=1S/C21H34FN5/c1-3-10-23-19(4-2)16-6-7-20(18(22)15-16)27-13-8-17(9-14-27)26-21-24-11-5-12-25-21/h6-7,15,17,19,23H,3-5,8-14H2,1-2H3,(H2,24,25,26). The zero-order chi connectivity index (χ0) is 19.1. The molecule has 1 atom stereocenters. The van der Waals surface area contributed by atoms with Crippen molar-refractivity contribution in [3.8, 4) is 0 Å². The molecule has 2 aliphatic rings. The summed E-state index contributed by atoms with van der Waals surface area (Å²) in [6.45, 7) is 8.88. The van der Waals surface area contributed by atoms with E-state index in [1.54, 1.807) is 6.07 Å². The van der Waals surface area contributed by atoms with E-state index in [1.807, 2.05) is 6.07 Å². The van der Waals surface area contributed by atoms with Gasteiger partial charge in [0, 0.05) is 38.3 Å². The number of piperidine rings is 1. The van der Waals surface area contributed by atoms with Gasteiger partial charge >= 0.3 is 0 Å². The third kappa shape index (κ3) is 5.34. The van der Waals surface area contributed by atoms with Crippen LogP contribution in [0.1, 0.15) is 57.6 Å². The van der Waals surface area contributed by atoms with Crippen molar-refractivity contribution < 1.29 is 4.39 Å². The number of anilines is 1. The predicted molar refractivity (Wildman–Crippen MR) is 111 cm³/mol. The smallest absolute Gasteiger partial charge is 0.191 e. The first-order chi connectivity index (χ1) is 13.2. The number of nitrogens with one attached hydrogen (secondary N) is 3. The van der Waals surface area contributed by atoms with Gasteiger partial charge in [0.25, 0.3) is 0 Å². The molecule has 0 bridgehead atoms. The number of aliphatic imine (C=N–C) groups is 1. The Hall–Kier alpha value is -1.82. The maximum Gasteiger partial charge on any atom is 0.191 e. The lowest BCUT2D eigenvalue weighted by molar-refractivity contribution is 0.454. The Morgan fingerprint density at radius 2 is 2.11 bits per heavy atom. The molecule has 6 heteroatoms. The van der Waals surface area contributed by atoms with E-state index in [9.17, 15) is 4.39 Å². The van der Waals surface area contributed by atoms with Crippen molar-refractivity contribution in [3.05, 3.63) is 29.6 Å². The van der Waals surface area contributed by atoms with E-state index in [1.165, 1.54) is 0 Å². The molecule has 0 saturated carbocycles. The summed E-state index contributed by atoms with van der Waals surface area (Å²) in [4.78, 5) is 6.66. The molecule has 0 radical (unpaired) electrons. The van der Waals surface area contributed by atoms with Crippen LogP contribution in [0.5, 0.6) is 0 Å². The SMILES string of the molecule is CCCNC(CC)c1ccc(N2CCC(NC3=NCCCN3)CC2)c(F)c1. The average molecular weight is 376 g/mol. The number of hydrogen-bond donors (Lipinski definition) is 3. The van der Waals surface area contributed by atoms with E-state index >= 15 is 0 Å². The molecule has 0 amide bonds. The number of rotatable bonds is 7. The maximum absolute atomic E-state index is 14.8. The van der Waals surface area contributed by atoms with Crippen molar-refractivity contribution in [2.24, 2.45) is 4.99 Å². The summed E-state index contributed by atoms with van der Waals surface area (Å²) in [5.74, 6) is 0.828. The van der Waals surface area contributed by atoms with Gasteiger partial charge < -0.3 is 20.9 Å². The van der Waals surface area contributed by atoms with Crippen molar-refractivity contribution in [1.29, 1.82) is 0 Å². The lowest BCUT2D eigenvalue weighted by Crippen LogP contribution is -2.50. The van der Waals surface area contributed by atoms with Gasteiger partial charge in [-0.15, -0.1) is 0 Å². The lowest BCUT2D eigenvalue weighted by atomic mass is 10.0. The molecule has 0 aromatic heterocycles. The van der Waals surface area contributed by atoms with Gasteiger partial charge in [-0.25, -0.2) is 4.39 Å². The largest absolute Gasteiger partial charge is 0.369 e. The average Bonchev–Trinajstić information content (AvgIpc) is 2.70. The summed E-state index contributed by atoms with van der Waals surface area (Å²) in [6.07, 6.45) is 5.15. The highest BCUT2D eigenvalue weighted by Crippen LogP contribution is 2.27. The fourth-order valence-corrected chi connectivity index (χ4v) is 3.90. The molecule has 0 aliphatic carbocycles. The molecule has 1 unspecified atom stereocenters. The van der Waals surface area contributed by atoms with Gasteiger partial charge in [-0.1, -0.05) is 19.9 Å². The predicted octanol–water partition coefficient (Wildman–Crippen LogP) is 3.18. The zero-order valence-corrected chi connectivity index (χ0v) is 16.7. The summed E-state index contributed by atoms with van der Waals surface area (Å²) >= 11 is 0. The highest BCUT2D eigenvalue weighted by molar-refractivity contribution is 5.80. The van der Waals surface area contributed by atoms with E-state index in [0.29, 0.717) is 6.04 Å². The van der Waals surface area contributed by atoms with E-state index in [2.05, 4.69) is 45.8 Å². The molecule has 1 aromatic rings. The van der Waals surface area contributed by atoms with Crippen LogP contribution >= 0.6 is 0 Å². The molecule has 3 rings (SSSR count). The molecule has 1 saturated heterocycles. The fourth-order valence-electron chi connectivity index (χ4n) is 3.90. The lowest BCUT2D eigenvalue weighted by Gasteiger charge is -2.35. The molecular weight excluding hydrogens is 341 g/mol. The Morgan fingerprint density at radius 3 is 2.74 bits per heavy atom. The Morgan fingerprint density at radius 1 is 1.30 bits per heavy atom. The fraction of sp³-hybridized carbons (Fsp3) is 0.667. The Balaban J connectivity index is 1.56. The van der Waals surface area contributed by atoms with Crippen LogP contribution in [0, 0.1) is 5.82 Å². The van der Waals surface area contributed by atoms with E-state index in [-0.39, 0.29) is 11.9 Å². The molecule has 27 heavy (non-hydrogen) atoms. The second kappa shape index (κ2) is 9.93. The normalized spacial score (nSPS) is 19.4. The van der Waals surface area contributed by atoms with Crippen molar-refractivity contribution in [3.63, 3.8) is 0 Å². The summed E-state index contributed by atoms with van der Waals surface area (Å²) < 4.78 is 14.8. The maximum atomic E-state index is 14.8. The van der Waals surface area contributed by atoms with Crippen LogP contribution in [-0.2, 0) is 0 Å². The van der Waals surface area contributed by atoms with Crippen LogP contribution in [0.3, 0.4) is 0 Å². The summed E-state index contributed by atoms with van der Waals surface area (Å²) in [7, 11) is 0. The van der Waals surface area contributed by atoms with Crippen LogP contribution < -0.4 is 20.9 Å². The highest BCUT2D eigenvalue weighted by atomic mass is 19.1. The molecule has 3 N–H and O–H groups in total. The number of guanidine groups is 1. The summed E-state index contributed by atoms with van der Waals surface area (Å²) in [5, 5.41) is 10.3. The van der Waals surface area contributed by atoms with E-state index in [4.69, 9.17) is 0 Å². The first-order valence-electron chi connectivity index (χ1n) is 10.5. The molecular formula is C21H34FN5. The minimum Gasteiger partial charge on any atom is -0.369 e. The van der Waals surface area contributed by atoms with Crippen molar-refractivity contribution >= 4 is 11.6 Å². The molecule has 0 spiro atoms. The second-order valence-corrected chi connectivity index (χ2v) is 7.54. The van der Waals surface area contributed by atoms with Gasteiger partial charge in [0.05, 0.1) is 5.69 Å². The van der Waals surface area contributed by atoms with Gasteiger partial charge in [0.1, 0.15) is 5.82 Å². The summed E-state index contributed by atoms with van der Waals surface area (Å²) in [5.41, 5.74) is 1.78. The van der Waals surface area contributed by atoms with E-state index < -0.39 is 0 Å². The number of nitrogens with zero attached hydrogens (tertiary/aromatic N) is 2. The zero-order valence-electron chi connectivity index (χ0n) is 16.7. The van der Waals surface area contributed by atoms with Gasteiger partial charge in [-0.05, 0) is 56.3 Å². The highest BCUT2D eigenvalue weighted by Gasteiger charge is 2.23. The third-order valence-corrected chi connectivity index (χ3v) is 5.50. The Labute approximate surface area is 162 Å². The molecule has 150 valence electrons. The van der Waals surface area contributed by atoms with Crippen molar-refractivity contribution in [2.45, 2.75) is 58.0 Å². The summed E-state index contributed by atoms with van der Waals surface area (Å²) in [6, 6.07) is 6.40. The number of halogens is 1. The number of benzene rings is 1. The Bertz CT molecular complexity index is 625. The topological polar surface area (TPSA) is 51.7 Å². The van der Waals surface area contributed by atoms with Gasteiger partial charge in [0.15, 0.2) is 5.96 Å². The van der Waals surface area contributed by atoms with Gasteiger partial charge in [-0.3, -0.25) is 4.99 Å². The van der Waals surface area contributed by atoms with E-state index in [0.717, 1.165) is 82.0 Å². The van der Waals surface area contributed by atoms with Crippen LogP contribution in [-0.4, -0.2) is 44.7 Å². The van der Waals surface area contributed by atoms with Gasteiger partial charge in [0.2, 0.25) is 0 Å². The molecule has 1 fully saturated rings. The second-order valence-electron chi connectivity index (χ2n) is 7.54. The molecule has 2 aliphatic heterocycles. The monoisotopic (exact) mass is 375 g/mol. The van der Waals surface area contributed by atoms with Crippen LogP contribution in [0.15, 0.2) is 23.2 Å². The first kappa shape index (κ1) is 19.9. The first-order valence-corrected chi connectivity index (χ1v) is 10.5. The van der Waals surface area contributed by atoms with Crippen molar-refractivity contribution in [1.82, 2.24) is 16.0 Å². The minimum absolute atomic E-state index is 0.103. The molecule has 5 nitrogen and oxygen atoms in total. The molecule has 1 aromatic carbocycles. The molecule has 2 heterocycles. The van der Waals surface area contributed by atoms with Crippen molar-refractivity contribution in [2.75, 3.05) is 37.6 Å². The quantitative estimate of drug-likeness (QED) is 0.685.